The summed E-state index contributed by atoms with van der Waals surface area (Å²) < 4.78 is 0. The van der Waals surface area contributed by atoms with E-state index >= 15 is 0 Å². The Kier molecular flexibility index (Phi) is 4.06. The van der Waals surface area contributed by atoms with Crippen molar-refractivity contribution in [1.29, 1.82) is 0 Å². The molecule has 0 bridgehead atoms. The van der Waals surface area contributed by atoms with Gasteiger partial charge in [-0.15, -0.1) is 0 Å². The fraction of sp³-hybridized carbons (Fsp3) is 0.0370. The molecule has 0 fully saturated rings. The molecule has 0 spiro atoms. The predicted molar refractivity (Wildman–Crippen MR) is 121 cm³/mol. The molecule has 0 unspecified atom stereocenters. The van der Waals surface area contributed by atoms with Crippen LogP contribution >= 0.6 is 0 Å². The summed E-state index contributed by atoms with van der Waals surface area (Å²) in [6, 6.07) is 36.8. The molecule has 5 aromatic carbocycles. The van der Waals surface area contributed by atoms with Crippen molar-refractivity contribution in [3.8, 4) is 11.1 Å². The van der Waals surface area contributed by atoms with Gasteiger partial charge < -0.3 is 5.32 Å². The second-order valence-electron chi connectivity index (χ2n) is 7.33. The number of aryl methyl sites for hydroxylation is 1. The van der Waals surface area contributed by atoms with Crippen LogP contribution in [0.4, 0.5) is 11.4 Å². The first-order valence-corrected chi connectivity index (χ1v) is 9.61. The lowest BCUT2D eigenvalue weighted by Gasteiger charge is -2.10. The molecule has 28 heavy (non-hydrogen) atoms. The van der Waals surface area contributed by atoms with Gasteiger partial charge in [-0.2, -0.15) is 0 Å². The normalized spacial score (nSPS) is 11.0. The topological polar surface area (TPSA) is 12.0 Å². The van der Waals surface area contributed by atoms with Crippen LogP contribution in [0.2, 0.25) is 0 Å². The number of anilines is 2. The summed E-state index contributed by atoms with van der Waals surface area (Å²) in [4.78, 5) is 0. The Bertz CT molecular complexity index is 1270. The van der Waals surface area contributed by atoms with Gasteiger partial charge in [-0.3, -0.25) is 0 Å². The minimum atomic E-state index is 1.09. The van der Waals surface area contributed by atoms with Gasteiger partial charge in [0.1, 0.15) is 0 Å². The van der Waals surface area contributed by atoms with E-state index in [4.69, 9.17) is 0 Å². The average molecular weight is 359 g/mol. The first-order chi connectivity index (χ1) is 13.7. The van der Waals surface area contributed by atoms with Crippen molar-refractivity contribution in [3.05, 3.63) is 109 Å². The number of nitrogens with one attached hydrogen (secondary N) is 1. The first kappa shape index (κ1) is 16.6. The van der Waals surface area contributed by atoms with Crippen molar-refractivity contribution >= 4 is 32.9 Å². The van der Waals surface area contributed by atoms with Crippen molar-refractivity contribution in [2.45, 2.75) is 6.92 Å². The van der Waals surface area contributed by atoms with Crippen LogP contribution in [0.15, 0.2) is 103 Å². The standard InChI is InChI=1S/C27H21N/c1-19-6-8-20(9-7-19)21-10-13-26(14-11-21)28-27-15-12-24-16-22-4-2-3-5-23(22)17-25(24)18-27/h2-18,28H,1H3. The summed E-state index contributed by atoms with van der Waals surface area (Å²) in [7, 11) is 0. The maximum Gasteiger partial charge on any atom is 0.0390 e. The molecule has 0 heterocycles. The van der Waals surface area contributed by atoms with E-state index in [1.807, 2.05) is 0 Å². The van der Waals surface area contributed by atoms with Crippen molar-refractivity contribution in [2.75, 3.05) is 5.32 Å². The minimum Gasteiger partial charge on any atom is -0.356 e. The van der Waals surface area contributed by atoms with Crippen LogP contribution in [0.25, 0.3) is 32.7 Å². The zero-order valence-corrected chi connectivity index (χ0v) is 15.8. The van der Waals surface area contributed by atoms with Crippen LogP contribution < -0.4 is 5.32 Å². The van der Waals surface area contributed by atoms with Gasteiger partial charge in [-0.05, 0) is 76.0 Å². The molecule has 0 saturated heterocycles. The molecule has 0 radical (unpaired) electrons. The third kappa shape index (κ3) is 3.23. The quantitative estimate of drug-likeness (QED) is 0.325. The van der Waals surface area contributed by atoms with Gasteiger partial charge in [-0.1, -0.05) is 72.3 Å². The third-order valence-electron chi connectivity index (χ3n) is 5.26. The Balaban J connectivity index is 1.42. The second-order valence-corrected chi connectivity index (χ2v) is 7.33. The van der Waals surface area contributed by atoms with Gasteiger partial charge in [0.15, 0.2) is 0 Å². The molecule has 0 aliphatic heterocycles. The highest BCUT2D eigenvalue weighted by atomic mass is 14.9. The van der Waals surface area contributed by atoms with Gasteiger partial charge in [-0.25, -0.2) is 0 Å². The molecule has 1 N–H and O–H groups in total. The molecule has 5 aromatic rings. The molecular formula is C27H21N. The fourth-order valence-corrected chi connectivity index (χ4v) is 3.68. The van der Waals surface area contributed by atoms with Crippen LogP contribution in [-0.2, 0) is 0 Å². The molecule has 0 amide bonds. The van der Waals surface area contributed by atoms with Crippen LogP contribution in [0.1, 0.15) is 5.56 Å². The summed E-state index contributed by atoms with van der Waals surface area (Å²) in [6.07, 6.45) is 0. The number of hydrogen-bond acceptors (Lipinski definition) is 1. The first-order valence-electron chi connectivity index (χ1n) is 9.61. The average Bonchev–Trinajstić information content (AvgIpc) is 2.73. The molecule has 0 atom stereocenters. The molecule has 0 saturated carbocycles. The Labute approximate surface area is 165 Å². The van der Waals surface area contributed by atoms with Gasteiger partial charge in [0, 0.05) is 11.4 Å². The molecule has 134 valence electrons. The largest absolute Gasteiger partial charge is 0.356 e. The van der Waals surface area contributed by atoms with E-state index in [1.54, 1.807) is 0 Å². The van der Waals surface area contributed by atoms with Crippen molar-refractivity contribution in [3.63, 3.8) is 0 Å². The van der Waals surface area contributed by atoms with Gasteiger partial charge in [0.05, 0.1) is 0 Å². The van der Waals surface area contributed by atoms with Crippen LogP contribution in [0, 0.1) is 6.92 Å². The fourth-order valence-electron chi connectivity index (χ4n) is 3.68. The maximum atomic E-state index is 3.53. The van der Waals surface area contributed by atoms with E-state index in [2.05, 4.69) is 115 Å². The third-order valence-corrected chi connectivity index (χ3v) is 5.26. The molecule has 0 aliphatic carbocycles. The molecule has 0 aromatic heterocycles. The highest BCUT2D eigenvalue weighted by Gasteiger charge is 2.02. The van der Waals surface area contributed by atoms with E-state index < -0.39 is 0 Å². The predicted octanol–water partition coefficient (Wildman–Crippen LogP) is 7.71. The van der Waals surface area contributed by atoms with Gasteiger partial charge in [0.2, 0.25) is 0 Å². The monoisotopic (exact) mass is 359 g/mol. The van der Waals surface area contributed by atoms with Crippen LogP contribution in [0.5, 0.6) is 0 Å². The van der Waals surface area contributed by atoms with Crippen LogP contribution in [0.3, 0.4) is 0 Å². The highest BCUT2D eigenvalue weighted by Crippen LogP contribution is 2.28. The number of hydrogen-bond donors (Lipinski definition) is 1. The number of fused-ring (bicyclic) bond motifs is 2. The molecule has 5 rings (SSSR count). The van der Waals surface area contributed by atoms with Gasteiger partial charge in [0.25, 0.3) is 0 Å². The van der Waals surface area contributed by atoms with E-state index in [0.29, 0.717) is 0 Å². The van der Waals surface area contributed by atoms with Gasteiger partial charge >= 0.3 is 0 Å². The highest BCUT2D eigenvalue weighted by molar-refractivity contribution is 5.99. The zero-order valence-electron chi connectivity index (χ0n) is 15.8. The molecular weight excluding hydrogens is 338 g/mol. The minimum absolute atomic E-state index is 1.09. The summed E-state index contributed by atoms with van der Waals surface area (Å²) in [5.41, 5.74) is 5.96. The summed E-state index contributed by atoms with van der Waals surface area (Å²) in [5, 5.41) is 8.60. The Morgan fingerprint density at radius 1 is 0.464 bits per heavy atom. The van der Waals surface area contributed by atoms with E-state index in [1.165, 1.54) is 38.2 Å². The lowest BCUT2D eigenvalue weighted by Crippen LogP contribution is -1.90. The number of rotatable bonds is 3. The second kappa shape index (κ2) is 6.86. The lowest BCUT2D eigenvalue weighted by atomic mass is 10.0. The SMILES string of the molecule is Cc1ccc(-c2ccc(Nc3ccc4cc5ccccc5cc4c3)cc2)cc1. The zero-order chi connectivity index (χ0) is 18.9. The Morgan fingerprint density at radius 2 is 1.00 bits per heavy atom. The summed E-state index contributed by atoms with van der Waals surface area (Å²) in [5.74, 6) is 0. The van der Waals surface area contributed by atoms with Crippen molar-refractivity contribution in [2.24, 2.45) is 0 Å². The lowest BCUT2D eigenvalue weighted by molar-refractivity contribution is 1.47. The van der Waals surface area contributed by atoms with E-state index in [-0.39, 0.29) is 0 Å². The van der Waals surface area contributed by atoms with E-state index in [0.717, 1.165) is 11.4 Å². The number of benzene rings is 5. The summed E-state index contributed by atoms with van der Waals surface area (Å²) >= 11 is 0. The smallest absolute Gasteiger partial charge is 0.0390 e. The van der Waals surface area contributed by atoms with Crippen molar-refractivity contribution in [1.82, 2.24) is 0 Å². The van der Waals surface area contributed by atoms with Crippen LogP contribution in [-0.4, -0.2) is 0 Å². The Morgan fingerprint density at radius 3 is 1.68 bits per heavy atom. The maximum absolute atomic E-state index is 3.53. The summed E-state index contributed by atoms with van der Waals surface area (Å²) in [6.45, 7) is 2.11. The molecule has 1 nitrogen and oxygen atoms in total. The van der Waals surface area contributed by atoms with E-state index in [9.17, 15) is 0 Å². The molecule has 0 aliphatic rings. The Hall–Kier alpha value is -3.58. The van der Waals surface area contributed by atoms with Crippen molar-refractivity contribution < 1.29 is 0 Å². The molecule has 1 heteroatoms.